The molecule has 0 aliphatic carbocycles. The van der Waals surface area contributed by atoms with Gasteiger partial charge in [-0.1, -0.05) is 24.3 Å². The normalized spacial score (nSPS) is 10.7. The van der Waals surface area contributed by atoms with Gasteiger partial charge in [0.25, 0.3) is 0 Å². The van der Waals surface area contributed by atoms with Crippen molar-refractivity contribution in [2.75, 3.05) is 17.6 Å². The maximum absolute atomic E-state index is 9.33. The smallest absolute Gasteiger partial charge is 0.132 e. The summed E-state index contributed by atoms with van der Waals surface area (Å²) in [6, 6.07) is 10.1. The fraction of sp³-hybridized carbons (Fsp3) is 0.143. The lowest BCUT2D eigenvalue weighted by Gasteiger charge is -2.02. The standard InChI is InChI=1S/C14H12N4S/c1-2-17-14-10(7-15)11-12(19-14)8-5-3-4-6-9(8)13(16)18-11/h3-6,17H,2H2,1H3,(H2,16,18). The minimum absolute atomic E-state index is 0.473. The van der Waals surface area contributed by atoms with Gasteiger partial charge in [0.05, 0.1) is 4.70 Å². The lowest BCUT2D eigenvalue weighted by molar-refractivity contribution is 1.22. The Labute approximate surface area is 114 Å². The topological polar surface area (TPSA) is 74.7 Å². The lowest BCUT2D eigenvalue weighted by atomic mass is 10.1. The SMILES string of the molecule is CCNc1sc2c(nc(N)c3ccccc32)c1C#N. The van der Waals surface area contributed by atoms with E-state index in [4.69, 9.17) is 5.73 Å². The molecule has 4 nitrogen and oxygen atoms in total. The second kappa shape index (κ2) is 4.41. The number of pyridine rings is 1. The van der Waals surface area contributed by atoms with Crippen molar-refractivity contribution in [3.8, 4) is 6.07 Å². The number of rotatable bonds is 2. The number of anilines is 2. The zero-order valence-electron chi connectivity index (χ0n) is 10.4. The molecule has 0 aliphatic rings. The van der Waals surface area contributed by atoms with Gasteiger partial charge in [-0.05, 0) is 6.92 Å². The van der Waals surface area contributed by atoms with Crippen LogP contribution in [0.2, 0.25) is 0 Å². The van der Waals surface area contributed by atoms with E-state index in [1.165, 1.54) is 0 Å². The Hall–Kier alpha value is -2.32. The number of nitriles is 1. The number of hydrogen-bond acceptors (Lipinski definition) is 5. The van der Waals surface area contributed by atoms with Crippen LogP contribution >= 0.6 is 11.3 Å². The van der Waals surface area contributed by atoms with Gasteiger partial charge in [-0.25, -0.2) is 4.98 Å². The Bertz CT molecular complexity index is 814. The minimum Gasteiger partial charge on any atom is -0.383 e. The maximum Gasteiger partial charge on any atom is 0.132 e. The highest BCUT2D eigenvalue weighted by Gasteiger charge is 2.16. The van der Waals surface area contributed by atoms with E-state index in [0.717, 1.165) is 27.0 Å². The highest BCUT2D eigenvalue weighted by Crippen LogP contribution is 2.39. The molecule has 2 heterocycles. The van der Waals surface area contributed by atoms with Gasteiger partial charge in [0.2, 0.25) is 0 Å². The summed E-state index contributed by atoms with van der Waals surface area (Å²) in [5.41, 5.74) is 7.27. The molecule has 94 valence electrons. The first-order chi connectivity index (χ1) is 9.26. The third-order valence-electron chi connectivity index (χ3n) is 3.01. The largest absolute Gasteiger partial charge is 0.383 e. The van der Waals surface area contributed by atoms with Crippen LogP contribution in [0.5, 0.6) is 0 Å². The van der Waals surface area contributed by atoms with Crippen LogP contribution in [0, 0.1) is 11.3 Å². The highest BCUT2D eigenvalue weighted by molar-refractivity contribution is 7.24. The van der Waals surface area contributed by atoms with Crippen LogP contribution in [0.3, 0.4) is 0 Å². The highest BCUT2D eigenvalue weighted by atomic mass is 32.1. The van der Waals surface area contributed by atoms with E-state index in [2.05, 4.69) is 16.4 Å². The Kier molecular flexibility index (Phi) is 2.73. The van der Waals surface area contributed by atoms with Crippen molar-refractivity contribution in [2.24, 2.45) is 0 Å². The number of nitrogens with two attached hydrogens (primary N) is 1. The molecule has 0 bridgehead atoms. The number of nitrogens with one attached hydrogen (secondary N) is 1. The number of nitrogen functional groups attached to an aromatic ring is 1. The number of fused-ring (bicyclic) bond motifs is 3. The summed E-state index contributed by atoms with van der Waals surface area (Å²) in [5, 5.41) is 15.4. The van der Waals surface area contributed by atoms with Crippen LogP contribution in [0.4, 0.5) is 10.8 Å². The van der Waals surface area contributed by atoms with Crippen LogP contribution in [0.1, 0.15) is 12.5 Å². The molecular weight excluding hydrogens is 256 g/mol. The van der Waals surface area contributed by atoms with Crippen molar-refractivity contribution >= 4 is 43.1 Å². The number of aromatic nitrogens is 1. The Balaban J connectivity index is 2.47. The van der Waals surface area contributed by atoms with Crippen LogP contribution in [-0.4, -0.2) is 11.5 Å². The first-order valence-corrected chi connectivity index (χ1v) is 6.82. The quantitative estimate of drug-likeness (QED) is 0.747. The molecule has 3 rings (SSSR count). The molecular formula is C14H12N4S. The van der Waals surface area contributed by atoms with Gasteiger partial charge in [0.1, 0.15) is 28.0 Å². The van der Waals surface area contributed by atoms with Crippen molar-refractivity contribution in [3.05, 3.63) is 29.8 Å². The van der Waals surface area contributed by atoms with Crippen LogP contribution < -0.4 is 11.1 Å². The molecule has 3 aromatic rings. The number of thiophene rings is 1. The Morgan fingerprint density at radius 3 is 2.79 bits per heavy atom. The van der Waals surface area contributed by atoms with Crippen molar-refractivity contribution in [1.82, 2.24) is 4.98 Å². The van der Waals surface area contributed by atoms with E-state index in [9.17, 15) is 5.26 Å². The number of nitrogens with zero attached hydrogens (tertiary/aromatic N) is 2. The molecule has 0 amide bonds. The van der Waals surface area contributed by atoms with E-state index in [1.807, 2.05) is 31.2 Å². The monoisotopic (exact) mass is 268 g/mol. The lowest BCUT2D eigenvalue weighted by Crippen LogP contribution is -1.96. The minimum atomic E-state index is 0.473. The van der Waals surface area contributed by atoms with E-state index >= 15 is 0 Å². The van der Waals surface area contributed by atoms with Crippen LogP contribution in [0.25, 0.3) is 21.0 Å². The molecule has 0 atom stereocenters. The molecule has 0 fully saturated rings. The van der Waals surface area contributed by atoms with E-state index in [0.29, 0.717) is 16.9 Å². The van der Waals surface area contributed by atoms with E-state index in [-0.39, 0.29) is 0 Å². The fourth-order valence-electron chi connectivity index (χ4n) is 2.19. The van der Waals surface area contributed by atoms with Gasteiger partial charge in [-0.15, -0.1) is 11.3 Å². The van der Waals surface area contributed by atoms with Crippen molar-refractivity contribution < 1.29 is 0 Å². The zero-order valence-corrected chi connectivity index (χ0v) is 11.2. The van der Waals surface area contributed by atoms with E-state index in [1.54, 1.807) is 11.3 Å². The van der Waals surface area contributed by atoms with Crippen molar-refractivity contribution in [2.45, 2.75) is 6.92 Å². The third-order valence-corrected chi connectivity index (χ3v) is 4.18. The first-order valence-electron chi connectivity index (χ1n) is 6.01. The molecule has 0 saturated carbocycles. The predicted molar refractivity (Wildman–Crippen MR) is 80.4 cm³/mol. The third kappa shape index (κ3) is 1.69. The molecule has 0 unspecified atom stereocenters. The maximum atomic E-state index is 9.33. The second-order valence-electron chi connectivity index (χ2n) is 4.17. The summed E-state index contributed by atoms with van der Waals surface area (Å²) in [6.07, 6.45) is 0. The first kappa shape index (κ1) is 11.8. The van der Waals surface area contributed by atoms with Gasteiger partial charge in [-0.3, -0.25) is 0 Å². The summed E-state index contributed by atoms with van der Waals surface area (Å²) < 4.78 is 1.01. The summed E-state index contributed by atoms with van der Waals surface area (Å²) in [6.45, 7) is 2.78. The van der Waals surface area contributed by atoms with Crippen LogP contribution in [-0.2, 0) is 0 Å². The Morgan fingerprint density at radius 1 is 1.37 bits per heavy atom. The fourth-order valence-corrected chi connectivity index (χ4v) is 3.38. The van der Waals surface area contributed by atoms with Gasteiger partial charge in [0.15, 0.2) is 0 Å². The number of benzene rings is 1. The summed E-state index contributed by atoms with van der Waals surface area (Å²) in [5.74, 6) is 0.473. The van der Waals surface area contributed by atoms with Crippen molar-refractivity contribution in [1.29, 1.82) is 5.26 Å². The van der Waals surface area contributed by atoms with E-state index < -0.39 is 0 Å². The number of hydrogen-bond donors (Lipinski definition) is 2. The van der Waals surface area contributed by atoms with Crippen LogP contribution in [0.15, 0.2) is 24.3 Å². The second-order valence-corrected chi connectivity index (χ2v) is 5.19. The summed E-state index contributed by atoms with van der Waals surface area (Å²) in [7, 11) is 0. The molecule has 0 spiro atoms. The Morgan fingerprint density at radius 2 is 2.11 bits per heavy atom. The van der Waals surface area contributed by atoms with Crippen molar-refractivity contribution in [3.63, 3.8) is 0 Å². The van der Waals surface area contributed by atoms with Gasteiger partial charge in [0, 0.05) is 17.3 Å². The van der Waals surface area contributed by atoms with Gasteiger partial charge in [-0.2, -0.15) is 5.26 Å². The molecule has 0 aliphatic heterocycles. The predicted octanol–water partition coefficient (Wildman–Crippen LogP) is 3.34. The van der Waals surface area contributed by atoms with Gasteiger partial charge >= 0.3 is 0 Å². The molecule has 0 radical (unpaired) electrons. The molecule has 2 aromatic heterocycles. The molecule has 3 N–H and O–H groups in total. The van der Waals surface area contributed by atoms with Gasteiger partial charge < -0.3 is 11.1 Å². The molecule has 19 heavy (non-hydrogen) atoms. The summed E-state index contributed by atoms with van der Waals surface area (Å²) >= 11 is 1.56. The average Bonchev–Trinajstić information content (AvgIpc) is 2.77. The molecule has 0 saturated heterocycles. The molecule has 5 heteroatoms. The average molecular weight is 268 g/mol. The molecule has 1 aromatic carbocycles. The zero-order chi connectivity index (χ0) is 13.4. The summed E-state index contributed by atoms with van der Waals surface area (Å²) in [4.78, 5) is 4.40.